The third kappa shape index (κ3) is 3.48. The number of benzene rings is 1. The van der Waals surface area contributed by atoms with Gasteiger partial charge in [-0.2, -0.15) is 0 Å². The molecule has 1 aliphatic heterocycles. The summed E-state index contributed by atoms with van der Waals surface area (Å²) < 4.78 is 0. The first-order valence-corrected chi connectivity index (χ1v) is 9.98. The Kier molecular flexibility index (Phi) is 5.16. The minimum absolute atomic E-state index is 0.0274. The highest BCUT2D eigenvalue weighted by molar-refractivity contribution is 7.12. The lowest BCUT2D eigenvalue weighted by Crippen LogP contribution is -2.31. The zero-order chi connectivity index (χ0) is 21.3. The number of pyridine rings is 1. The van der Waals surface area contributed by atoms with Gasteiger partial charge in [-0.3, -0.25) is 24.3 Å². The van der Waals surface area contributed by atoms with E-state index in [2.05, 4.69) is 10.3 Å². The summed E-state index contributed by atoms with van der Waals surface area (Å²) in [5.41, 5.74) is 1.73. The Hall–Kier alpha value is -3.78. The molecule has 150 valence electrons. The molecule has 3 aromatic rings. The van der Waals surface area contributed by atoms with Crippen LogP contribution in [0.15, 0.2) is 77.6 Å². The van der Waals surface area contributed by atoms with Gasteiger partial charge in [-0.1, -0.05) is 6.07 Å². The smallest absolute Gasteiger partial charge is 0.294 e. The molecule has 0 bridgehead atoms. The van der Waals surface area contributed by atoms with Gasteiger partial charge in [0, 0.05) is 30.7 Å². The SMILES string of the molecule is CC(=O)Nc1ccc(N2C(=O)C(O)=C(C(=O)c3cccs3)C2c2ccncc2)cc1. The Bertz CT molecular complexity index is 1140. The molecule has 0 spiro atoms. The molecule has 30 heavy (non-hydrogen) atoms. The van der Waals surface area contributed by atoms with Crippen LogP contribution in [-0.4, -0.2) is 27.7 Å². The maximum Gasteiger partial charge on any atom is 0.294 e. The Balaban J connectivity index is 1.80. The number of aliphatic hydroxyl groups excluding tert-OH is 1. The van der Waals surface area contributed by atoms with Gasteiger partial charge in [0.05, 0.1) is 16.5 Å². The molecular weight excluding hydrogens is 402 g/mol. The summed E-state index contributed by atoms with van der Waals surface area (Å²) >= 11 is 1.25. The van der Waals surface area contributed by atoms with Gasteiger partial charge in [-0.05, 0) is 53.4 Å². The van der Waals surface area contributed by atoms with Crippen molar-refractivity contribution < 1.29 is 19.5 Å². The maximum absolute atomic E-state index is 13.2. The predicted molar refractivity (Wildman–Crippen MR) is 114 cm³/mol. The van der Waals surface area contributed by atoms with E-state index in [9.17, 15) is 19.5 Å². The van der Waals surface area contributed by atoms with Crippen LogP contribution in [0.5, 0.6) is 0 Å². The number of hydrogen-bond acceptors (Lipinski definition) is 6. The number of anilines is 2. The lowest BCUT2D eigenvalue weighted by atomic mass is 9.96. The number of amides is 2. The van der Waals surface area contributed by atoms with Crippen LogP contribution in [0.4, 0.5) is 11.4 Å². The second kappa shape index (κ2) is 7.92. The molecule has 8 heteroatoms. The summed E-state index contributed by atoms with van der Waals surface area (Å²) in [4.78, 5) is 43.3. The van der Waals surface area contributed by atoms with Gasteiger partial charge in [-0.25, -0.2) is 0 Å². The highest BCUT2D eigenvalue weighted by Gasteiger charge is 2.44. The molecule has 1 aromatic carbocycles. The minimum Gasteiger partial charge on any atom is -0.503 e. The van der Waals surface area contributed by atoms with Gasteiger partial charge in [0.25, 0.3) is 5.91 Å². The van der Waals surface area contributed by atoms with E-state index in [1.54, 1.807) is 66.3 Å². The predicted octanol–water partition coefficient (Wildman–Crippen LogP) is 3.88. The lowest BCUT2D eigenvalue weighted by Gasteiger charge is -2.27. The summed E-state index contributed by atoms with van der Waals surface area (Å²) in [6, 6.07) is 12.6. The minimum atomic E-state index is -0.804. The standard InChI is InChI=1S/C22H17N3O4S/c1-13(26)24-15-4-6-16(7-5-15)25-19(14-8-10-23-11-9-14)18(21(28)22(25)29)20(27)17-3-2-12-30-17/h2-12,19,28H,1H3,(H,24,26). The molecule has 2 amide bonds. The van der Waals surface area contributed by atoms with Crippen molar-refractivity contribution in [3.63, 3.8) is 0 Å². The second-order valence-corrected chi connectivity index (χ2v) is 7.60. The van der Waals surface area contributed by atoms with Crippen molar-refractivity contribution >= 4 is 40.3 Å². The summed E-state index contributed by atoms with van der Waals surface area (Å²) in [5.74, 6) is -1.84. The molecule has 4 rings (SSSR count). The molecule has 1 unspecified atom stereocenters. The van der Waals surface area contributed by atoms with Crippen LogP contribution in [0.2, 0.25) is 0 Å². The molecule has 0 saturated heterocycles. The number of rotatable bonds is 5. The van der Waals surface area contributed by atoms with Crippen molar-refractivity contribution in [3.05, 3.63) is 88.1 Å². The van der Waals surface area contributed by atoms with Crippen molar-refractivity contribution in [3.8, 4) is 0 Å². The van der Waals surface area contributed by atoms with Crippen molar-refractivity contribution in [2.75, 3.05) is 10.2 Å². The second-order valence-electron chi connectivity index (χ2n) is 6.66. The lowest BCUT2D eigenvalue weighted by molar-refractivity contribution is -0.117. The zero-order valence-corrected chi connectivity index (χ0v) is 16.7. The number of Topliss-reactive ketones (excluding diaryl/α,β-unsaturated/α-hetero) is 1. The number of carbonyl (C=O) groups excluding carboxylic acids is 3. The number of carbonyl (C=O) groups is 3. The van der Waals surface area contributed by atoms with Crippen molar-refractivity contribution in [1.29, 1.82) is 0 Å². The number of thiophene rings is 1. The fourth-order valence-corrected chi connectivity index (χ4v) is 4.09. The van der Waals surface area contributed by atoms with E-state index in [0.29, 0.717) is 21.8 Å². The van der Waals surface area contributed by atoms with Crippen LogP contribution in [0.25, 0.3) is 0 Å². The highest BCUT2D eigenvalue weighted by atomic mass is 32.1. The van der Waals surface area contributed by atoms with Crippen LogP contribution < -0.4 is 10.2 Å². The molecule has 3 heterocycles. The molecule has 0 fully saturated rings. The Morgan fingerprint density at radius 2 is 1.80 bits per heavy atom. The topological polar surface area (TPSA) is 99.6 Å². The van der Waals surface area contributed by atoms with E-state index in [0.717, 1.165) is 0 Å². The molecule has 0 aliphatic carbocycles. The molecule has 0 radical (unpaired) electrons. The molecule has 1 aliphatic rings. The first kappa shape index (κ1) is 19.5. The average Bonchev–Trinajstić information content (AvgIpc) is 3.36. The number of nitrogens with zero attached hydrogens (tertiary/aromatic N) is 2. The third-order valence-corrected chi connectivity index (χ3v) is 5.55. The van der Waals surface area contributed by atoms with Crippen molar-refractivity contribution in [2.45, 2.75) is 13.0 Å². The molecule has 1 atom stereocenters. The largest absolute Gasteiger partial charge is 0.503 e. The zero-order valence-electron chi connectivity index (χ0n) is 15.9. The number of nitrogens with one attached hydrogen (secondary N) is 1. The van der Waals surface area contributed by atoms with E-state index >= 15 is 0 Å². The van der Waals surface area contributed by atoms with Crippen LogP contribution in [-0.2, 0) is 9.59 Å². The van der Waals surface area contributed by atoms with Crippen molar-refractivity contribution in [1.82, 2.24) is 4.98 Å². The third-order valence-electron chi connectivity index (χ3n) is 4.69. The maximum atomic E-state index is 13.2. The molecule has 0 saturated carbocycles. The highest BCUT2D eigenvalue weighted by Crippen LogP contribution is 2.42. The van der Waals surface area contributed by atoms with E-state index in [-0.39, 0.29) is 11.5 Å². The summed E-state index contributed by atoms with van der Waals surface area (Å²) in [6.45, 7) is 1.40. The number of ketones is 1. The van der Waals surface area contributed by atoms with Gasteiger partial charge >= 0.3 is 0 Å². The summed E-state index contributed by atoms with van der Waals surface area (Å²) in [6.07, 6.45) is 3.14. The van der Waals surface area contributed by atoms with Crippen LogP contribution in [0.3, 0.4) is 0 Å². The van der Waals surface area contributed by atoms with Gasteiger partial charge in [-0.15, -0.1) is 11.3 Å². The van der Waals surface area contributed by atoms with E-state index in [4.69, 9.17) is 0 Å². The number of hydrogen-bond donors (Lipinski definition) is 2. The van der Waals surface area contributed by atoms with E-state index in [1.165, 1.54) is 23.2 Å². The van der Waals surface area contributed by atoms with Gasteiger partial charge in [0.15, 0.2) is 5.76 Å². The Labute approximate surface area is 176 Å². The van der Waals surface area contributed by atoms with Crippen LogP contribution in [0, 0.1) is 0 Å². The first-order chi connectivity index (χ1) is 14.5. The van der Waals surface area contributed by atoms with E-state index < -0.39 is 23.5 Å². The fourth-order valence-electron chi connectivity index (χ4n) is 3.41. The van der Waals surface area contributed by atoms with Crippen molar-refractivity contribution in [2.24, 2.45) is 0 Å². The summed E-state index contributed by atoms with van der Waals surface area (Å²) in [7, 11) is 0. The molecule has 7 nitrogen and oxygen atoms in total. The first-order valence-electron chi connectivity index (χ1n) is 9.10. The number of aliphatic hydroxyl groups is 1. The van der Waals surface area contributed by atoms with Crippen LogP contribution in [0.1, 0.15) is 28.2 Å². The Morgan fingerprint density at radius 1 is 1.10 bits per heavy atom. The Morgan fingerprint density at radius 3 is 2.40 bits per heavy atom. The average molecular weight is 419 g/mol. The van der Waals surface area contributed by atoms with Gasteiger partial charge in [0.1, 0.15) is 0 Å². The van der Waals surface area contributed by atoms with E-state index in [1.807, 2.05) is 0 Å². The monoisotopic (exact) mass is 419 g/mol. The van der Waals surface area contributed by atoms with Gasteiger partial charge < -0.3 is 10.4 Å². The quantitative estimate of drug-likeness (QED) is 0.612. The normalized spacial score (nSPS) is 16.1. The summed E-state index contributed by atoms with van der Waals surface area (Å²) in [5, 5.41) is 15.1. The fraction of sp³-hybridized carbons (Fsp3) is 0.0909. The molecule has 2 N–H and O–H groups in total. The van der Waals surface area contributed by atoms with Crippen LogP contribution >= 0.6 is 11.3 Å². The van der Waals surface area contributed by atoms with Gasteiger partial charge in [0.2, 0.25) is 11.7 Å². The molecule has 2 aromatic heterocycles. The molecular formula is C22H17N3O4S. The number of aromatic nitrogens is 1.